The highest BCUT2D eigenvalue weighted by Crippen LogP contribution is 1.94. The second-order valence-corrected chi connectivity index (χ2v) is 31.4. The highest BCUT2D eigenvalue weighted by atomic mass is 28.4. The molecular weight excluding hydrogens is 341 g/mol. The average Bonchev–Trinajstić information content (AvgIpc) is 1.89. The maximum absolute atomic E-state index is 5.49. The van der Waals surface area contributed by atoms with Crippen LogP contribution in [0.2, 0.25) is 78.6 Å². The zero-order valence-electron chi connectivity index (χ0n) is 16.9. The van der Waals surface area contributed by atoms with Gasteiger partial charge < -0.3 is 20.1 Å². The van der Waals surface area contributed by atoms with Crippen LogP contribution in [0.25, 0.3) is 0 Å². The number of nitrogens with two attached hydrogens (primary N) is 2. The Kier molecular flexibility index (Phi) is 13.6. The third kappa shape index (κ3) is 94.1. The molecule has 6 N–H and O–H groups in total. The van der Waals surface area contributed by atoms with Gasteiger partial charge >= 0.3 is 0 Å². The van der Waals surface area contributed by atoms with E-state index >= 15 is 0 Å². The molecule has 0 saturated carbocycles. The summed E-state index contributed by atoms with van der Waals surface area (Å²) in [4.78, 5) is 0. The van der Waals surface area contributed by atoms with E-state index in [1.807, 2.05) is 0 Å². The van der Waals surface area contributed by atoms with E-state index in [1.54, 1.807) is 0 Å². The van der Waals surface area contributed by atoms with Crippen molar-refractivity contribution >= 4 is 42.8 Å². The van der Waals surface area contributed by atoms with Gasteiger partial charge in [0, 0.05) is 0 Å². The Morgan fingerprint density at radius 1 is 0.524 bits per heavy atom. The second-order valence-electron chi connectivity index (χ2n) is 9.76. The lowest BCUT2D eigenvalue weighted by Crippen LogP contribution is -2.55. The maximum Gasteiger partial charge on any atom is 0.154 e. The quantitative estimate of drug-likeness (QED) is 0.561. The van der Waals surface area contributed by atoms with Gasteiger partial charge in [-0.05, 0) is 0 Å². The fraction of sp³-hybridized carbons (Fsp3) is 1.00. The molecule has 0 spiro atoms. The van der Waals surface area contributed by atoms with Crippen molar-refractivity contribution in [3.05, 3.63) is 0 Å². The first kappa shape index (κ1) is 26.8. The molecule has 0 rings (SSSR count). The summed E-state index contributed by atoms with van der Waals surface area (Å²) >= 11 is 0. The normalized spacial score (nSPS) is 12.9. The van der Waals surface area contributed by atoms with Crippen molar-refractivity contribution in [2.24, 2.45) is 10.8 Å². The van der Waals surface area contributed by atoms with Gasteiger partial charge in [0.1, 0.15) is 32.9 Å². The number of hydrogen-bond donors (Lipinski definition) is 4. The summed E-state index contributed by atoms with van der Waals surface area (Å²) < 4.78 is 7.36. The van der Waals surface area contributed by atoms with E-state index in [-0.39, 0.29) is 9.84 Å². The molecule has 0 aromatic rings. The lowest BCUT2D eigenvalue weighted by atomic mass is 11.8. The number of hydrogen-bond acceptors (Lipinski definition) is 4. The van der Waals surface area contributed by atoms with Crippen molar-refractivity contribution in [1.82, 2.24) is 9.30 Å². The molecule has 9 heteroatoms. The van der Waals surface area contributed by atoms with Crippen LogP contribution in [0.5, 0.6) is 0 Å². The van der Waals surface area contributed by atoms with Crippen LogP contribution in [0.3, 0.4) is 0 Å². The van der Waals surface area contributed by atoms with Gasteiger partial charge in [-0.1, -0.05) is 78.6 Å². The predicted molar refractivity (Wildman–Crippen MR) is 117 cm³/mol. The Morgan fingerprint density at radius 2 is 0.667 bits per heavy atom. The molecule has 0 aromatic heterocycles. The van der Waals surface area contributed by atoms with Gasteiger partial charge in [0.2, 0.25) is 0 Å². The number of nitrogens with one attached hydrogen (secondary N) is 2. The Labute approximate surface area is 141 Å². The zero-order valence-corrected chi connectivity index (χ0v) is 22.3. The molecule has 0 fully saturated rings. The van der Waals surface area contributed by atoms with Crippen molar-refractivity contribution in [2.45, 2.75) is 78.6 Å². The molecule has 0 unspecified atom stereocenters. The number of rotatable bonds is 4. The van der Waals surface area contributed by atoms with Crippen LogP contribution in [0, 0.1) is 0 Å². The summed E-state index contributed by atoms with van der Waals surface area (Å²) in [6.07, 6.45) is 0. The van der Waals surface area contributed by atoms with Gasteiger partial charge in [0.25, 0.3) is 0 Å². The van der Waals surface area contributed by atoms with Crippen molar-refractivity contribution in [3.63, 3.8) is 0 Å². The standard InChI is InChI=1S/C6H22N2Si3.2C3H11NSi/c1-10(2,3)7-9-8-11(4,5)6;2*1-5(2,3)4/h7-8H,9H2,1-6H3;2*4H2,1-3H3. The van der Waals surface area contributed by atoms with E-state index in [2.05, 4.69) is 87.9 Å². The van der Waals surface area contributed by atoms with Gasteiger partial charge in [-0.2, -0.15) is 0 Å². The molecule has 0 amide bonds. The lowest BCUT2D eigenvalue weighted by molar-refractivity contribution is 1.30. The molecule has 0 heterocycles. The van der Waals surface area contributed by atoms with Gasteiger partial charge in [-0.15, -0.1) is 0 Å². The summed E-state index contributed by atoms with van der Waals surface area (Å²) in [6.45, 7) is 26.7. The largest absolute Gasteiger partial charge is 0.353 e. The first-order valence-electron chi connectivity index (χ1n) is 7.78. The molecule has 0 saturated heterocycles. The van der Waals surface area contributed by atoms with E-state index in [9.17, 15) is 0 Å². The minimum absolute atomic E-state index is 0.174. The van der Waals surface area contributed by atoms with Gasteiger partial charge in [-0.25, -0.2) is 0 Å². The average molecular weight is 385 g/mol. The summed E-state index contributed by atoms with van der Waals surface area (Å²) in [7, 11) is -4.37. The first-order valence-corrected chi connectivity index (χ1v) is 23.4. The fourth-order valence-electron chi connectivity index (χ4n) is 0.575. The molecule has 4 nitrogen and oxygen atoms in total. The van der Waals surface area contributed by atoms with Crippen LogP contribution >= 0.6 is 0 Å². The third-order valence-electron chi connectivity index (χ3n) is 1.24. The SMILES string of the molecule is C[Si](C)(C)N.C[Si](C)(C)N.C[Si](C)(C)N[SiH2]N[Si](C)(C)C. The smallest absolute Gasteiger partial charge is 0.154 e. The van der Waals surface area contributed by atoms with E-state index < -0.39 is 32.9 Å². The van der Waals surface area contributed by atoms with Crippen LogP contribution in [0.15, 0.2) is 0 Å². The van der Waals surface area contributed by atoms with E-state index in [0.29, 0.717) is 0 Å². The van der Waals surface area contributed by atoms with Crippen LogP contribution in [0.4, 0.5) is 0 Å². The second kappa shape index (κ2) is 10.7. The molecule has 21 heavy (non-hydrogen) atoms. The molecule has 0 atom stereocenters. The van der Waals surface area contributed by atoms with Crippen LogP contribution in [-0.2, 0) is 0 Å². The maximum atomic E-state index is 5.49. The van der Waals surface area contributed by atoms with Crippen molar-refractivity contribution in [1.29, 1.82) is 0 Å². The van der Waals surface area contributed by atoms with Crippen molar-refractivity contribution in [3.8, 4) is 0 Å². The highest BCUT2D eigenvalue weighted by molar-refractivity contribution is 6.84. The molecule has 0 aliphatic carbocycles. The molecular formula is C12H44N4Si5. The summed E-state index contributed by atoms with van der Waals surface area (Å²) in [5.74, 6) is 0. The lowest BCUT2D eigenvalue weighted by Gasteiger charge is -2.23. The van der Waals surface area contributed by atoms with Crippen molar-refractivity contribution in [2.75, 3.05) is 0 Å². The Morgan fingerprint density at radius 3 is 0.762 bits per heavy atom. The minimum atomic E-state index is -1.11. The molecule has 132 valence electrons. The molecule has 0 radical (unpaired) electrons. The summed E-state index contributed by atoms with van der Waals surface area (Å²) in [5, 5.41) is 11.0. The Balaban J connectivity index is -0.000000270. The van der Waals surface area contributed by atoms with Crippen LogP contribution in [0.1, 0.15) is 0 Å². The van der Waals surface area contributed by atoms with Gasteiger partial charge in [-0.3, -0.25) is 0 Å². The van der Waals surface area contributed by atoms with E-state index in [0.717, 1.165) is 0 Å². The van der Waals surface area contributed by atoms with E-state index in [4.69, 9.17) is 10.8 Å². The van der Waals surface area contributed by atoms with Gasteiger partial charge in [0.05, 0.1) is 0 Å². The zero-order chi connectivity index (χ0) is 18.1. The summed E-state index contributed by atoms with van der Waals surface area (Å²) in [6, 6.07) is 0. The topological polar surface area (TPSA) is 76.1 Å². The third-order valence-corrected chi connectivity index (χ3v) is 11.1. The van der Waals surface area contributed by atoms with Crippen LogP contribution in [-0.4, -0.2) is 42.8 Å². The first-order chi connectivity index (χ1) is 8.71. The molecule has 0 aromatic carbocycles. The Hall–Kier alpha value is 0.924. The fourth-order valence-corrected chi connectivity index (χ4v) is 5.97. The van der Waals surface area contributed by atoms with Gasteiger partial charge in [0.15, 0.2) is 9.84 Å². The molecule has 0 bridgehead atoms. The van der Waals surface area contributed by atoms with E-state index in [1.165, 1.54) is 0 Å². The highest BCUT2D eigenvalue weighted by Gasteiger charge is 2.15. The Bertz CT molecular complexity index is 210. The van der Waals surface area contributed by atoms with Crippen molar-refractivity contribution < 1.29 is 0 Å². The summed E-state index contributed by atoms with van der Waals surface area (Å²) in [5.41, 5.74) is 0. The molecule has 0 aliphatic rings. The van der Waals surface area contributed by atoms with Crippen LogP contribution < -0.4 is 20.1 Å². The monoisotopic (exact) mass is 384 g/mol. The predicted octanol–water partition coefficient (Wildman–Crippen LogP) is 2.39. The molecule has 0 aliphatic heterocycles. The minimum Gasteiger partial charge on any atom is -0.353 e.